The lowest BCUT2D eigenvalue weighted by molar-refractivity contribution is -0.157. The molecule has 0 unspecified atom stereocenters. The molecule has 1 aromatic rings. The van der Waals surface area contributed by atoms with Crippen LogP contribution in [0.4, 0.5) is 5.69 Å². The number of amides is 1. The SMILES string of the molecule is O=C(CC1(C(=O)O)CCC1)N(CC1CC1)c1ccccc1. The maximum Gasteiger partial charge on any atom is 0.310 e. The minimum atomic E-state index is -0.818. The molecular weight excluding hydrogens is 266 g/mol. The van der Waals surface area contributed by atoms with Crippen LogP contribution in [0.2, 0.25) is 0 Å². The molecule has 3 rings (SSSR count). The first-order valence-corrected chi connectivity index (χ1v) is 7.69. The second-order valence-electron chi connectivity index (χ2n) is 6.40. The molecule has 0 aliphatic heterocycles. The topological polar surface area (TPSA) is 57.6 Å². The molecule has 4 heteroatoms. The molecule has 2 aliphatic carbocycles. The molecule has 0 radical (unpaired) electrons. The Morgan fingerprint density at radius 3 is 2.33 bits per heavy atom. The Morgan fingerprint density at radius 2 is 1.86 bits per heavy atom. The molecule has 0 atom stereocenters. The minimum Gasteiger partial charge on any atom is -0.481 e. The van der Waals surface area contributed by atoms with Crippen LogP contribution in [0.25, 0.3) is 0 Å². The van der Waals surface area contributed by atoms with E-state index >= 15 is 0 Å². The lowest BCUT2D eigenvalue weighted by atomic mass is 9.66. The van der Waals surface area contributed by atoms with Crippen LogP contribution in [0.3, 0.4) is 0 Å². The van der Waals surface area contributed by atoms with Crippen molar-refractivity contribution in [2.45, 2.75) is 38.5 Å². The van der Waals surface area contributed by atoms with Crippen LogP contribution in [-0.4, -0.2) is 23.5 Å². The molecule has 0 spiro atoms. The predicted molar refractivity (Wildman–Crippen MR) is 80.1 cm³/mol. The third kappa shape index (κ3) is 2.94. The summed E-state index contributed by atoms with van der Waals surface area (Å²) in [7, 11) is 0. The van der Waals surface area contributed by atoms with Gasteiger partial charge in [-0.15, -0.1) is 0 Å². The van der Waals surface area contributed by atoms with E-state index in [1.54, 1.807) is 4.90 Å². The summed E-state index contributed by atoms with van der Waals surface area (Å²) in [6, 6.07) is 9.61. The van der Waals surface area contributed by atoms with Crippen LogP contribution in [0.15, 0.2) is 30.3 Å². The summed E-state index contributed by atoms with van der Waals surface area (Å²) in [6.07, 6.45) is 4.62. The highest BCUT2D eigenvalue weighted by Gasteiger charge is 2.47. The fourth-order valence-corrected chi connectivity index (χ4v) is 2.97. The van der Waals surface area contributed by atoms with Crippen molar-refractivity contribution in [1.29, 1.82) is 0 Å². The van der Waals surface area contributed by atoms with Gasteiger partial charge in [0.25, 0.3) is 0 Å². The maximum absolute atomic E-state index is 12.7. The number of carbonyl (C=O) groups is 2. The maximum atomic E-state index is 12.7. The molecule has 2 saturated carbocycles. The summed E-state index contributed by atoms with van der Waals surface area (Å²) in [5.41, 5.74) is 0.0717. The van der Waals surface area contributed by atoms with Crippen molar-refractivity contribution in [3.05, 3.63) is 30.3 Å². The Morgan fingerprint density at radius 1 is 1.19 bits per heavy atom. The van der Waals surface area contributed by atoms with Gasteiger partial charge in [0.2, 0.25) is 5.91 Å². The van der Waals surface area contributed by atoms with E-state index in [-0.39, 0.29) is 12.3 Å². The number of carbonyl (C=O) groups excluding carboxylic acids is 1. The Kier molecular flexibility index (Phi) is 3.70. The van der Waals surface area contributed by atoms with E-state index in [1.165, 1.54) is 12.8 Å². The van der Waals surface area contributed by atoms with E-state index in [0.29, 0.717) is 18.8 Å². The fourth-order valence-electron chi connectivity index (χ4n) is 2.97. The number of rotatable bonds is 6. The van der Waals surface area contributed by atoms with Crippen LogP contribution in [0.1, 0.15) is 38.5 Å². The monoisotopic (exact) mass is 287 g/mol. The van der Waals surface area contributed by atoms with Crippen molar-refractivity contribution < 1.29 is 14.7 Å². The van der Waals surface area contributed by atoms with Crippen LogP contribution < -0.4 is 4.90 Å². The van der Waals surface area contributed by atoms with Gasteiger partial charge >= 0.3 is 5.97 Å². The first kappa shape index (κ1) is 14.1. The molecule has 1 amide bonds. The normalized spacial score (nSPS) is 19.6. The quantitative estimate of drug-likeness (QED) is 0.874. The van der Waals surface area contributed by atoms with Crippen molar-refractivity contribution in [2.75, 3.05) is 11.4 Å². The van der Waals surface area contributed by atoms with Gasteiger partial charge in [-0.1, -0.05) is 24.6 Å². The predicted octanol–water partition coefficient (Wildman–Crippen LogP) is 3.07. The third-order valence-electron chi connectivity index (χ3n) is 4.76. The van der Waals surface area contributed by atoms with E-state index in [9.17, 15) is 14.7 Å². The Hall–Kier alpha value is -1.84. The smallest absolute Gasteiger partial charge is 0.310 e. The van der Waals surface area contributed by atoms with Crippen LogP contribution in [-0.2, 0) is 9.59 Å². The zero-order valence-electron chi connectivity index (χ0n) is 12.1. The van der Waals surface area contributed by atoms with Crippen molar-refractivity contribution in [1.82, 2.24) is 0 Å². The van der Waals surface area contributed by atoms with Crippen molar-refractivity contribution in [2.24, 2.45) is 11.3 Å². The van der Waals surface area contributed by atoms with E-state index in [1.807, 2.05) is 30.3 Å². The highest BCUT2D eigenvalue weighted by atomic mass is 16.4. The molecule has 1 aromatic carbocycles. The fraction of sp³-hybridized carbons (Fsp3) is 0.529. The number of nitrogens with zero attached hydrogens (tertiary/aromatic N) is 1. The standard InChI is InChI=1S/C17H21NO3/c19-15(11-17(16(20)21)9-4-10-17)18(12-13-7-8-13)14-5-2-1-3-6-14/h1-3,5-6,13H,4,7-12H2,(H,20,21). The number of para-hydroxylation sites is 1. The molecule has 0 aromatic heterocycles. The average Bonchev–Trinajstić information content (AvgIpc) is 3.24. The Balaban J connectivity index is 1.76. The molecule has 0 saturated heterocycles. The van der Waals surface area contributed by atoms with Crippen LogP contribution in [0, 0.1) is 11.3 Å². The lowest BCUT2D eigenvalue weighted by Gasteiger charge is -2.38. The zero-order chi connectivity index (χ0) is 14.9. The summed E-state index contributed by atoms with van der Waals surface area (Å²) in [5.74, 6) is -0.284. The van der Waals surface area contributed by atoms with Crippen molar-refractivity contribution in [3.63, 3.8) is 0 Å². The van der Waals surface area contributed by atoms with Gasteiger partial charge in [0, 0.05) is 18.7 Å². The van der Waals surface area contributed by atoms with E-state index < -0.39 is 11.4 Å². The molecule has 0 heterocycles. The van der Waals surface area contributed by atoms with Crippen molar-refractivity contribution in [3.8, 4) is 0 Å². The largest absolute Gasteiger partial charge is 0.481 e. The number of carboxylic acid groups (broad SMARTS) is 1. The summed E-state index contributed by atoms with van der Waals surface area (Å²) in [5, 5.41) is 9.41. The minimum absolute atomic E-state index is 0.0461. The summed E-state index contributed by atoms with van der Waals surface area (Å²) < 4.78 is 0. The van der Waals surface area contributed by atoms with Crippen molar-refractivity contribution >= 4 is 17.6 Å². The second-order valence-corrected chi connectivity index (χ2v) is 6.40. The van der Waals surface area contributed by atoms with E-state index in [4.69, 9.17) is 0 Å². The Labute approximate surface area is 124 Å². The number of hydrogen-bond donors (Lipinski definition) is 1. The summed E-state index contributed by atoms with van der Waals surface area (Å²) in [6.45, 7) is 0.721. The van der Waals surface area contributed by atoms with Gasteiger partial charge in [0.1, 0.15) is 0 Å². The number of benzene rings is 1. The van der Waals surface area contributed by atoms with E-state index in [2.05, 4.69) is 0 Å². The highest BCUT2D eigenvalue weighted by Crippen LogP contribution is 2.45. The van der Waals surface area contributed by atoms with Crippen LogP contribution in [0.5, 0.6) is 0 Å². The number of aliphatic carboxylic acids is 1. The van der Waals surface area contributed by atoms with Gasteiger partial charge in [-0.2, -0.15) is 0 Å². The van der Waals surface area contributed by atoms with Gasteiger partial charge < -0.3 is 10.0 Å². The van der Waals surface area contributed by atoms with Gasteiger partial charge in [-0.25, -0.2) is 0 Å². The highest BCUT2D eigenvalue weighted by molar-refractivity contribution is 5.96. The molecule has 21 heavy (non-hydrogen) atoms. The summed E-state index contributed by atoms with van der Waals surface area (Å²) in [4.78, 5) is 25.9. The molecule has 0 bridgehead atoms. The molecule has 4 nitrogen and oxygen atoms in total. The van der Waals surface area contributed by atoms with Gasteiger partial charge in [-0.05, 0) is 43.7 Å². The van der Waals surface area contributed by atoms with Gasteiger partial charge in [0.05, 0.1) is 5.41 Å². The number of hydrogen-bond acceptors (Lipinski definition) is 2. The molecule has 2 aliphatic rings. The van der Waals surface area contributed by atoms with Gasteiger partial charge in [-0.3, -0.25) is 9.59 Å². The van der Waals surface area contributed by atoms with Crippen LogP contribution >= 0.6 is 0 Å². The first-order valence-electron chi connectivity index (χ1n) is 7.69. The average molecular weight is 287 g/mol. The molecule has 112 valence electrons. The number of anilines is 1. The second kappa shape index (κ2) is 5.51. The Bertz CT molecular complexity index is 532. The molecular formula is C17H21NO3. The molecule has 2 fully saturated rings. The number of carboxylic acids is 1. The first-order chi connectivity index (χ1) is 10.1. The lowest BCUT2D eigenvalue weighted by Crippen LogP contribution is -2.44. The van der Waals surface area contributed by atoms with E-state index in [0.717, 1.165) is 18.7 Å². The third-order valence-corrected chi connectivity index (χ3v) is 4.76. The zero-order valence-corrected chi connectivity index (χ0v) is 12.1. The summed E-state index contributed by atoms with van der Waals surface area (Å²) >= 11 is 0. The molecule has 1 N–H and O–H groups in total. The van der Waals surface area contributed by atoms with Gasteiger partial charge in [0.15, 0.2) is 0 Å².